The maximum atomic E-state index is 6.78. The molecule has 0 aliphatic carbocycles. The van der Waals surface area contributed by atoms with Crippen LogP contribution in [-0.2, 0) is 23.1 Å². The molecule has 0 radical (unpaired) electrons. The standard InChI is InChI=1S/C20H42O5Si2/c1-18(2,3)26(9,10)21-13-14-15(25-27(11,12)19(4,5)6)16-17(22-14)24-20(7,8)23-16/h14-17H,13H2,1-12H3/t14-,15+,16-,17-/m1/s1. The zero-order valence-electron chi connectivity index (χ0n) is 19.6. The van der Waals surface area contributed by atoms with E-state index in [4.69, 9.17) is 23.1 Å². The summed E-state index contributed by atoms with van der Waals surface area (Å²) in [5.41, 5.74) is 0. The smallest absolute Gasteiger partial charge is 0.192 e. The second-order valence-electron chi connectivity index (χ2n) is 11.6. The molecule has 160 valence electrons. The van der Waals surface area contributed by atoms with Gasteiger partial charge in [0.2, 0.25) is 0 Å². The van der Waals surface area contributed by atoms with Crippen molar-refractivity contribution in [2.45, 2.75) is 122 Å². The van der Waals surface area contributed by atoms with Gasteiger partial charge in [-0.25, -0.2) is 0 Å². The molecule has 0 aromatic rings. The van der Waals surface area contributed by atoms with Crippen LogP contribution in [0.15, 0.2) is 0 Å². The van der Waals surface area contributed by atoms with Gasteiger partial charge in [0.05, 0.1) is 6.61 Å². The lowest BCUT2D eigenvalue weighted by Crippen LogP contribution is -2.51. The van der Waals surface area contributed by atoms with E-state index >= 15 is 0 Å². The molecule has 0 N–H and O–H groups in total. The van der Waals surface area contributed by atoms with E-state index in [9.17, 15) is 0 Å². The Hall–Kier alpha value is 0.234. The van der Waals surface area contributed by atoms with Crippen molar-refractivity contribution in [3.05, 3.63) is 0 Å². The zero-order valence-corrected chi connectivity index (χ0v) is 21.6. The van der Waals surface area contributed by atoms with Crippen molar-refractivity contribution in [3.8, 4) is 0 Å². The predicted octanol–water partition coefficient (Wildman–Crippen LogP) is 5.28. The van der Waals surface area contributed by atoms with Crippen LogP contribution in [0.4, 0.5) is 0 Å². The van der Waals surface area contributed by atoms with Crippen molar-refractivity contribution in [1.29, 1.82) is 0 Å². The van der Waals surface area contributed by atoms with E-state index in [2.05, 4.69) is 67.7 Å². The van der Waals surface area contributed by atoms with Gasteiger partial charge in [-0.3, -0.25) is 0 Å². The summed E-state index contributed by atoms with van der Waals surface area (Å²) in [6, 6.07) is 0. The van der Waals surface area contributed by atoms with Crippen LogP contribution in [0.3, 0.4) is 0 Å². The van der Waals surface area contributed by atoms with Crippen molar-refractivity contribution < 1.29 is 23.1 Å². The van der Waals surface area contributed by atoms with Crippen LogP contribution < -0.4 is 0 Å². The van der Waals surface area contributed by atoms with Gasteiger partial charge in [-0.2, -0.15) is 0 Å². The molecule has 0 amide bonds. The fourth-order valence-electron chi connectivity index (χ4n) is 2.85. The molecule has 0 spiro atoms. The fourth-order valence-corrected chi connectivity index (χ4v) is 5.18. The molecule has 2 heterocycles. The van der Waals surface area contributed by atoms with E-state index in [1.165, 1.54) is 0 Å². The van der Waals surface area contributed by atoms with E-state index in [0.29, 0.717) is 6.61 Å². The monoisotopic (exact) mass is 418 g/mol. The van der Waals surface area contributed by atoms with Crippen LogP contribution in [0.2, 0.25) is 36.3 Å². The number of hydrogen-bond donors (Lipinski definition) is 0. The second kappa shape index (κ2) is 7.18. The van der Waals surface area contributed by atoms with Crippen molar-refractivity contribution in [3.63, 3.8) is 0 Å². The lowest BCUT2D eigenvalue weighted by Gasteiger charge is -2.41. The van der Waals surface area contributed by atoms with Crippen LogP contribution in [-0.4, -0.2) is 53.6 Å². The molecular formula is C20H42O5Si2. The van der Waals surface area contributed by atoms with Crippen molar-refractivity contribution >= 4 is 16.6 Å². The topological polar surface area (TPSA) is 46.2 Å². The molecule has 0 unspecified atom stereocenters. The van der Waals surface area contributed by atoms with E-state index in [-0.39, 0.29) is 34.7 Å². The van der Waals surface area contributed by atoms with Crippen LogP contribution >= 0.6 is 0 Å². The maximum Gasteiger partial charge on any atom is 0.192 e. The predicted molar refractivity (Wildman–Crippen MR) is 114 cm³/mol. The molecule has 0 saturated carbocycles. The average Bonchev–Trinajstić information content (AvgIpc) is 2.87. The highest BCUT2D eigenvalue weighted by Gasteiger charge is 2.57. The number of hydrogen-bond acceptors (Lipinski definition) is 5. The minimum Gasteiger partial charge on any atom is -0.414 e. The molecular weight excluding hydrogens is 376 g/mol. The van der Waals surface area contributed by atoms with Crippen LogP contribution in [0.1, 0.15) is 55.4 Å². The molecule has 0 aromatic heterocycles. The summed E-state index contributed by atoms with van der Waals surface area (Å²) in [5, 5.41) is 0.275. The molecule has 5 nitrogen and oxygen atoms in total. The van der Waals surface area contributed by atoms with Crippen LogP contribution in [0.5, 0.6) is 0 Å². The van der Waals surface area contributed by atoms with Gasteiger partial charge in [-0.05, 0) is 50.1 Å². The van der Waals surface area contributed by atoms with Gasteiger partial charge in [0.25, 0.3) is 0 Å². The minimum absolute atomic E-state index is 0.116. The van der Waals surface area contributed by atoms with Crippen LogP contribution in [0, 0.1) is 0 Å². The summed E-state index contributed by atoms with van der Waals surface area (Å²) >= 11 is 0. The van der Waals surface area contributed by atoms with E-state index in [1.54, 1.807) is 0 Å². The molecule has 4 atom stereocenters. The van der Waals surface area contributed by atoms with Gasteiger partial charge in [0.1, 0.15) is 18.3 Å². The summed E-state index contributed by atoms with van der Waals surface area (Å²) < 4.78 is 31.6. The van der Waals surface area contributed by atoms with Crippen molar-refractivity contribution in [1.82, 2.24) is 0 Å². The summed E-state index contributed by atoms with van der Waals surface area (Å²) in [4.78, 5) is 0. The minimum atomic E-state index is -1.99. The Morgan fingerprint density at radius 2 is 1.37 bits per heavy atom. The Morgan fingerprint density at radius 3 is 1.85 bits per heavy atom. The first-order valence-corrected chi connectivity index (χ1v) is 16.0. The van der Waals surface area contributed by atoms with Gasteiger partial charge in [0, 0.05) is 0 Å². The lowest BCUT2D eigenvalue weighted by atomic mass is 10.1. The van der Waals surface area contributed by atoms with Gasteiger partial charge in [-0.1, -0.05) is 41.5 Å². The molecule has 2 aliphatic rings. The molecule has 27 heavy (non-hydrogen) atoms. The van der Waals surface area contributed by atoms with E-state index in [0.717, 1.165) is 0 Å². The molecule has 2 aliphatic heterocycles. The van der Waals surface area contributed by atoms with Gasteiger partial charge < -0.3 is 23.1 Å². The molecule has 2 fully saturated rings. The third-order valence-electron chi connectivity index (χ3n) is 6.74. The van der Waals surface area contributed by atoms with Crippen LogP contribution in [0.25, 0.3) is 0 Å². The Kier molecular flexibility index (Phi) is 6.25. The molecule has 0 bridgehead atoms. The maximum absolute atomic E-state index is 6.78. The highest BCUT2D eigenvalue weighted by atomic mass is 28.4. The molecule has 0 aromatic carbocycles. The SMILES string of the molecule is CC1(C)O[C@H]2O[C@H](CO[Si](C)(C)C(C)(C)C)[C@H](O[Si](C)(C)C(C)(C)C)[C@H]2O1. The Morgan fingerprint density at radius 1 is 0.852 bits per heavy atom. The zero-order chi connectivity index (χ0) is 21.1. The second-order valence-corrected chi connectivity index (χ2v) is 21.1. The van der Waals surface area contributed by atoms with Gasteiger partial charge >= 0.3 is 0 Å². The van der Waals surface area contributed by atoms with Gasteiger partial charge in [0.15, 0.2) is 28.7 Å². The molecule has 7 heteroatoms. The summed E-state index contributed by atoms with van der Waals surface area (Å²) in [6.07, 6.45) is -0.924. The quantitative estimate of drug-likeness (QED) is 0.569. The normalized spacial score (nSPS) is 32.0. The average molecular weight is 419 g/mol. The summed E-state index contributed by atoms with van der Waals surface area (Å²) in [7, 11) is -3.86. The van der Waals surface area contributed by atoms with Gasteiger partial charge in [-0.15, -0.1) is 0 Å². The Balaban J connectivity index is 2.18. The largest absolute Gasteiger partial charge is 0.414 e. The first kappa shape index (κ1) is 23.5. The highest BCUT2D eigenvalue weighted by molar-refractivity contribution is 6.74. The first-order valence-electron chi connectivity index (χ1n) is 10.2. The van der Waals surface area contributed by atoms with Crippen molar-refractivity contribution in [2.24, 2.45) is 0 Å². The van der Waals surface area contributed by atoms with E-state index < -0.39 is 22.4 Å². The summed E-state index contributed by atoms with van der Waals surface area (Å²) in [5.74, 6) is -0.643. The van der Waals surface area contributed by atoms with Crippen molar-refractivity contribution in [2.75, 3.05) is 6.61 Å². The third kappa shape index (κ3) is 5.05. The highest BCUT2D eigenvalue weighted by Crippen LogP contribution is 2.44. The number of ether oxygens (including phenoxy) is 3. The molecule has 2 saturated heterocycles. The first-order chi connectivity index (χ1) is 11.9. The number of rotatable bonds is 5. The Labute approximate surface area is 168 Å². The summed E-state index contributed by atoms with van der Waals surface area (Å²) in [6.45, 7) is 27.0. The third-order valence-corrected chi connectivity index (χ3v) is 15.7. The number of fused-ring (bicyclic) bond motifs is 1. The van der Waals surface area contributed by atoms with E-state index in [1.807, 2.05) is 13.8 Å². The fraction of sp³-hybridized carbons (Fsp3) is 1.00. The Bertz CT molecular complexity index is 533. The molecule has 2 rings (SSSR count). The lowest BCUT2D eigenvalue weighted by molar-refractivity contribution is -0.216.